The van der Waals surface area contributed by atoms with E-state index < -0.39 is 24.0 Å². The van der Waals surface area contributed by atoms with E-state index in [2.05, 4.69) is 10.6 Å². The third-order valence-corrected chi connectivity index (χ3v) is 4.95. The minimum Gasteiger partial charge on any atom is -0.449 e. The van der Waals surface area contributed by atoms with Gasteiger partial charge in [-0.15, -0.1) is 11.8 Å². The minimum atomic E-state index is -1.06. The van der Waals surface area contributed by atoms with Crippen LogP contribution in [0.5, 0.6) is 0 Å². The molecule has 1 aliphatic carbocycles. The van der Waals surface area contributed by atoms with E-state index in [0.29, 0.717) is 5.56 Å². The molecule has 0 bridgehead atoms. The molecule has 1 aromatic rings. The molecule has 0 saturated heterocycles. The fourth-order valence-corrected chi connectivity index (χ4v) is 3.36. The lowest BCUT2D eigenvalue weighted by molar-refractivity contribution is -0.127. The molecule has 2 rings (SSSR count). The second-order valence-corrected chi connectivity index (χ2v) is 6.89. The van der Waals surface area contributed by atoms with Crippen molar-refractivity contribution in [2.75, 3.05) is 6.26 Å². The fraction of sp³-hybridized carbons (Fsp3) is 0.500. The van der Waals surface area contributed by atoms with Crippen LogP contribution in [-0.2, 0) is 9.53 Å². The summed E-state index contributed by atoms with van der Waals surface area (Å²) in [7, 11) is 0. The number of imide groups is 1. The average molecular weight is 364 g/mol. The highest BCUT2D eigenvalue weighted by Crippen LogP contribution is 2.21. The van der Waals surface area contributed by atoms with Crippen molar-refractivity contribution >= 4 is 29.7 Å². The number of benzene rings is 1. The van der Waals surface area contributed by atoms with Crippen molar-refractivity contribution < 1.29 is 19.1 Å². The maximum absolute atomic E-state index is 12.2. The Morgan fingerprint density at radius 1 is 1.16 bits per heavy atom. The van der Waals surface area contributed by atoms with Crippen LogP contribution in [0.3, 0.4) is 0 Å². The SMILES string of the molecule is CSc1ccccc1C(=O)O[C@H](C)C(=O)NC(=O)NC1CCCCC1. The number of hydrogen-bond acceptors (Lipinski definition) is 5. The first kappa shape index (κ1) is 19.3. The summed E-state index contributed by atoms with van der Waals surface area (Å²) in [6, 6.07) is 6.59. The van der Waals surface area contributed by atoms with Gasteiger partial charge in [-0.2, -0.15) is 0 Å². The number of amides is 3. The van der Waals surface area contributed by atoms with E-state index in [1.165, 1.54) is 25.1 Å². The molecular weight excluding hydrogens is 340 g/mol. The zero-order valence-electron chi connectivity index (χ0n) is 14.5. The van der Waals surface area contributed by atoms with E-state index in [0.717, 1.165) is 30.6 Å². The van der Waals surface area contributed by atoms with Gasteiger partial charge in [-0.25, -0.2) is 9.59 Å². The van der Waals surface area contributed by atoms with Gasteiger partial charge in [0.2, 0.25) is 0 Å². The van der Waals surface area contributed by atoms with Gasteiger partial charge in [0, 0.05) is 10.9 Å². The van der Waals surface area contributed by atoms with E-state index in [1.807, 2.05) is 18.4 Å². The van der Waals surface area contributed by atoms with E-state index in [9.17, 15) is 14.4 Å². The second kappa shape index (κ2) is 9.46. The topological polar surface area (TPSA) is 84.5 Å². The Labute approximate surface area is 152 Å². The van der Waals surface area contributed by atoms with Crippen LogP contribution in [0.2, 0.25) is 0 Å². The van der Waals surface area contributed by atoms with Crippen LogP contribution < -0.4 is 10.6 Å². The van der Waals surface area contributed by atoms with Gasteiger partial charge < -0.3 is 10.1 Å². The van der Waals surface area contributed by atoms with Crippen LogP contribution in [0.1, 0.15) is 49.4 Å². The summed E-state index contributed by atoms with van der Waals surface area (Å²) in [5.41, 5.74) is 0.404. The van der Waals surface area contributed by atoms with E-state index in [1.54, 1.807) is 12.1 Å². The van der Waals surface area contributed by atoms with Crippen molar-refractivity contribution in [1.29, 1.82) is 0 Å². The molecule has 0 unspecified atom stereocenters. The van der Waals surface area contributed by atoms with Crippen LogP contribution in [0.25, 0.3) is 0 Å². The molecule has 7 heteroatoms. The number of carbonyl (C=O) groups is 3. The third-order valence-electron chi connectivity index (χ3n) is 4.16. The number of nitrogens with one attached hydrogen (secondary N) is 2. The zero-order valence-corrected chi connectivity index (χ0v) is 15.4. The number of urea groups is 1. The standard InChI is InChI=1S/C18H24N2O4S/c1-12(24-17(22)14-10-6-7-11-15(14)25-2)16(21)20-18(23)19-13-8-4-3-5-9-13/h6-7,10-13H,3-5,8-9H2,1-2H3,(H2,19,20,21,23)/t12-/m1/s1. The van der Waals surface area contributed by atoms with Gasteiger partial charge in [0.25, 0.3) is 5.91 Å². The normalized spacial score (nSPS) is 15.9. The van der Waals surface area contributed by atoms with Crippen LogP contribution >= 0.6 is 11.8 Å². The summed E-state index contributed by atoms with van der Waals surface area (Å²) < 4.78 is 5.19. The number of esters is 1. The fourth-order valence-electron chi connectivity index (χ4n) is 2.77. The second-order valence-electron chi connectivity index (χ2n) is 6.05. The molecule has 0 heterocycles. The van der Waals surface area contributed by atoms with Crippen molar-refractivity contribution in [1.82, 2.24) is 10.6 Å². The van der Waals surface area contributed by atoms with Crippen molar-refractivity contribution in [3.63, 3.8) is 0 Å². The Morgan fingerprint density at radius 3 is 2.52 bits per heavy atom. The highest BCUT2D eigenvalue weighted by Gasteiger charge is 2.23. The lowest BCUT2D eigenvalue weighted by Gasteiger charge is -2.23. The molecule has 25 heavy (non-hydrogen) atoms. The lowest BCUT2D eigenvalue weighted by Crippen LogP contribution is -2.48. The van der Waals surface area contributed by atoms with Crippen LogP contribution in [0.4, 0.5) is 4.79 Å². The van der Waals surface area contributed by atoms with Crippen molar-refractivity contribution in [2.24, 2.45) is 0 Å². The first-order valence-corrected chi connectivity index (χ1v) is 9.69. The maximum Gasteiger partial charge on any atom is 0.340 e. The molecular formula is C18H24N2O4S. The van der Waals surface area contributed by atoms with Gasteiger partial charge in [0.05, 0.1) is 5.56 Å². The van der Waals surface area contributed by atoms with Crippen LogP contribution in [0, 0.1) is 0 Å². The van der Waals surface area contributed by atoms with Crippen molar-refractivity contribution in [3.8, 4) is 0 Å². The number of carbonyl (C=O) groups excluding carboxylic acids is 3. The Balaban J connectivity index is 1.84. The Bertz CT molecular complexity index is 629. The summed E-state index contributed by atoms with van der Waals surface area (Å²) >= 11 is 1.42. The van der Waals surface area contributed by atoms with Crippen LogP contribution in [0.15, 0.2) is 29.2 Å². The molecule has 1 fully saturated rings. The summed E-state index contributed by atoms with van der Waals surface area (Å²) in [5, 5.41) is 5.03. The Morgan fingerprint density at radius 2 is 1.84 bits per heavy atom. The number of ether oxygens (including phenoxy) is 1. The summed E-state index contributed by atoms with van der Waals surface area (Å²) in [4.78, 5) is 37.0. The number of hydrogen-bond donors (Lipinski definition) is 2. The number of thioether (sulfide) groups is 1. The molecule has 0 spiro atoms. The molecule has 1 aliphatic rings. The monoisotopic (exact) mass is 364 g/mol. The van der Waals surface area contributed by atoms with Gasteiger partial charge in [-0.05, 0) is 38.2 Å². The first-order valence-electron chi connectivity index (χ1n) is 8.46. The van der Waals surface area contributed by atoms with E-state index in [4.69, 9.17) is 4.74 Å². The smallest absolute Gasteiger partial charge is 0.340 e. The molecule has 0 aromatic heterocycles. The van der Waals surface area contributed by atoms with Crippen LogP contribution in [-0.4, -0.2) is 36.3 Å². The molecule has 0 aliphatic heterocycles. The summed E-state index contributed by atoms with van der Waals surface area (Å²) in [6.07, 6.45) is 6.01. The maximum atomic E-state index is 12.2. The molecule has 2 N–H and O–H groups in total. The third kappa shape index (κ3) is 5.77. The Kier molecular flexibility index (Phi) is 7.31. The van der Waals surface area contributed by atoms with Crippen molar-refractivity contribution in [3.05, 3.63) is 29.8 Å². The molecule has 3 amide bonds. The summed E-state index contributed by atoms with van der Waals surface area (Å²) in [6.45, 7) is 1.45. The minimum absolute atomic E-state index is 0.105. The molecule has 1 saturated carbocycles. The summed E-state index contributed by atoms with van der Waals surface area (Å²) in [5.74, 6) is -1.22. The van der Waals surface area contributed by atoms with Gasteiger partial charge in [-0.3, -0.25) is 10.1 Å². The van der Waals surface area contributed by atoms with Gasteiger partial charge in [0.15, 0.2) is 6.10 Å². The molecule has 1 atom stereocenters. The molecule has 136 valence electrons. The quantitative estimate of drug-likeness (QED) is 0.619. The number of rotatable bonds is 5. The largest absolute Gasteiger partial charge is 0.449 e. The average Bonchev–Trinajstić information content (AvgIpc) is 2.62. The first-order chi connectivity index (χ1) is 12.0. The van der Waals surface area contributed by atoms with E-state index in [-0.39, 0.29) is 6.04 Å². The van der Waals surface area contributed by atoms with E-state index >= 15 is 0 Å². The highest BCUT2D eigenvalue weighted by molar-refractivity contribution is 7.98. The lowest BCUT2D eigenvalue weighted by atomic mass is 9.96. The Hall–Kier alpha value is -2.02. The highest BCUT2D eigenvalue weighted by atomic mass is 32.2. The molecule has 0 radical (unpaired) electrons. The van der Waals surface area contributed by atoms with Gasteiger partial charge in [-0.1, -0.05) is 31.4 Å². The molecule has 6 nitrogen and oxygen atoms in total. The molecule has 1 aromatic carbocycles. The predicted octanol–water partition coefficient (Wildman–Crippen LogP) is 3.11. The predicted molar refractivity (Wildman–Crippen MR) is 96.6 cm³/mol. The van der Waals surface area contributed by atoms with Gasteiger partial charge in [0.1, 0.15) is 0 Å². The van der Waals surface area contributed by atoms with Gasteiger partial charge >= 0.3 is 12.0 Å². The zero-order chi connectivity index (χ0) is 18.2. The van der Waals surface area contributed by atoms with Crippen molar-refractivity contribution in [2.45, 2.75) is 56.1 Å².